The molecule has 0 bridgehead atoms. The topological polar surface area (TPSA) is 70.0 Å². The van der Waals surface area contributed by atoms with Crippen LogP contribution in [0, 0.1) is 11.3 Å². The Morgan fingerprint density at radius 1 is 1.39 bits per heavy atom. The molecule has 23 heavy (non-hydrogen) atoms. The molecule has 0 amide bonds. The number of hydrogen-bond acceptors (Lipinski definition) is 4. The average Bonchev–Trinajstić information content (AvgIpc) is 2.97. The van der Waals surface area contributed by atoms with Crippen LogP contribution in [0.25, 0.3) is 0 Å². The van der Waals surface area contributed by atoms with Gasteiger partial charge in [0.05, 0.1) is 5.56 Å². The summed E-state index contributed by atoms with van der Waals surface area (Å²) in [5.74, 6) is 0. The fourth-order valence-electron chi connectivity index (χ4n) is 2.68. The van der Waals surface area contributed by atoms with Crippen molar-refractivity contribution in [1.29, 1.82) is 5.26 Å². The smallest absolute Gasteiger partial charge is 0.210 e. The van der Waals surface area contributed by atoms with Crippen LogP contribution in [0.5, 0.6) is 0 Å². The van der Waals surface area contributed by atoms with Crippen molar-refractivity contribution < 1.29 is 8.42 Å². The van der Waals surface area contributed by atoms with E-state index in [1.807, 2.05) is 17.8 Å². The Morgan fingerprint density at radius 2 is 2.04 bits per heavy atom. The van der Waals surface area contributed by atoms with Gasteiger partial charge in [-0.25, -0.2) is 13.1 Å². The fraction of sp³-hybridized carbons (Fsp3) is 0.562. The third kappa shape index (κ3) is 4.96. The maximum atomic E-state index is 12.6. The number of rotatable bonds is 6. The molecule has 1 aromatic rings. The molecule has 0 aliphatic heterocycles. The Hall–Kier alpha value is -0.550. The van der Waals surface area contributed by atoms with Crippen LogP contribution < -0.4 is 4.72 Å². The zero-order valence-electron chi connectivity index (χ0n) is 13.3. The highest BCUT2D eigenvalue weighted by atomic mass is 79.9. The van der Waals surface area contributed by atoms with Crippen molar-refractivity contribution in [3.8, 4) is 6.07 Å². The van der Waals surface area contributed by atoms with Crippen LogP contribution in [0.1, 0.15) is 45.1 Å². The minimum absolute atomic E-state index is 0.0241. The quantitative estimate of drug-likeness (QED) is 0.758. The molecule has 4 nitrogen and oxygen atoms in total. The van der Waals surface area contributed by atoms with Crippen LogP contribution in [-0.2, 0) is 10.0 Å². The summed E-state index contributed by atoms with van der Waals surface area (Å²) in [6, 6.07) is 6.70. The maximum Gasteiger partial charge on any atom is 0.241 e. The number of nitriles is 1. The highest BCUT2D eigenvalue weighted by Gasteiger charge is 2.29. The van der Waals surface area contributed by atoms with Crippen LogP contribution in [-0.4, -0.2) is 25.0 Å². The minimum Gasteiger partial charge on any atom is -0.210 e. The lowest BCUT2D eigenvalue weighted by molar-refractivity contribution is 0.569. The molecule has 0 heterocycles. The van der Waals surface area contributed by atoms with Gasteiger partial charge in [-0.3, -0.25) is 0 Å². The Bertz CT molecular complexity index is 705. The number of nitrogens with one attached hydrogen (secondary N) is 1. The van der Waals surface area contributed by atoms with Crippen molar-refractivity contribution in [2.45, 2.75) is 54.4 Å². The first-order valence-corrected chi connectivity index (χ1v) is 10.8. The SMILES string of the molecule is CC(C)(CNS(=O)(=O)c1cccc(Br)c1C#N)SC1CCCC1. The van der Waals surface area contributed by atoms with E-state index in [1.165, 1.54) is 31.7 Å². The van der Waals surface area contributed by atoms with Crippen molar-refractivity contribution >= 4 is 37.7 Å². The van der Waals surface area contributed by atoms with E-state index >= 15 is 0 Å². The molecule has 1 aliphatic rings. The van der Waals surface area contributed by atoms with Gasteiger partial charge in [-0.05, 0) is 54.8 Å². The predicted octanol–water partition coefficient (Wildman–Crippen LogP) is 4.05. The van der Waals surface area contributed by atoms with Crippen LogP contribution >= 0.6 is 27.7 Å². The molecular weight excluding hydrogens is 396 g/mol. The molecule has 1 saturated carbocycles. The molecule has 2 rings (SSSR count). The van der Waals surface area contributed by atoms with Gasteiger partial charge in [-0.1, -0.05) is 18.9 Å². The Kier molecular flexibility index (Phi) is 6.17. The minimum atomic E-state index is -3.71. The van der Waals surface area contributed by atoms with Gasteiger partial charge in [0.15, 0.2) is 0 Å². The summed E-state index contributed by atoms with van der Waals surface area (Å²) in [6.07, 6.45) is 4.96. The molecule has 1 aromatic carbocycles. The fourth-order valence-corrected chi connectivity index (χ4v) is 6.38. The summed E-state index contributed by atoms with van der Waals surface area (Å²) in [5, 5.41) is 9.82. The summed E-state index contributed by atoms with van der Waals surface area (Å²) in [7, 11) is -3.71. The van der Waals surface area contributed by atoms with Gasteiger partial charge in [-0.2, -0.15) is 17.0 Å². The summed E-state index contributed by atoms with van der Waals surface area (Å²) >= 11 is 5.09. The molecule has 1 N–H and O–H groups in total. The molecule has 1 aliphatic carbocycles. The lowest BCUT2D eigenvalue weighted by Gasteiger charge is -2.27. The first-order chi connectivity index (χ1) is 10.7. The Labute approximate surface area is 151 Å². The second-order valence-electron chi connectivity index (χ2n) is 6.33. The highest BCUT2D eigenvalue weighted by molar-refractivity contribution is 9.10. The van der Waals surface area contributed by atoms with E-state index in [-0.39, 0.29) is 15.2 Å². The van der Waals surface area contributed by atoms with E-state index in [4.69, 9.17) is 0 Å². The largest absolute Gasteiger partial charge is 0.241 e. The molecular formula is C16H21BrN2O2S2. The van der Waals surface area contributed by atoms with E-state index in [9.17, 15) is 13.7 Å². The zero-order chi connectivity index (χ0) is 17.1. The first-order valence-electron chi connectivity index (χ1n) is 7.61. The third-order valence-electron chi connectivity index (χ3n) is 3.85. The highest BCUT2D eigenvalue weighted by Crippen LogP contribution is 2.37. The van der Waals surface area contributed by atoms with Crippen LogP contribution in [0.3, 0.4) is 0 Å². The monoisotopic (exact) mass is 416 g/mol. The van der Waals surface area contributed by atoms with Crippen molar-refractivity contribution in [1.82, 2.24) is 4.72 Å². The lowest BCUT2D eigenvalue weighted by Crippen LogP contribution is -2.37. The average molecular weight is 417 g/mol. The molecule has 0 unspecified atom stereocenters. The van der Waals surface area contributed by atoms with Crippen LogP contribution in [0.2, 0.25) is 0 Å². The summed E-state index contributed by atoms with van der Waals surface area (Å²) in [5.41, 5.74) is 0.140. The normalized spacial score (nSPS) is 16.4. The Morgan fingerprint density at radius 3 is 2.65 bits per heavy atom. The van der Waals surface area contributed by atoms with Crippen molar-refractivity contribution in [2.75, 3.05) is 6.54 Å². The molecule has 0 radical (unpaired) electrons. The van der Waals surface area contributed by atoms with E-state index in [1.54, 1.807) is 12.1 Å². The van der Waals surface area contributed by atoms with E-state index in [2.05, 4.69) is 34.5 Å². The molecule has 0 aromatic heterocycles. The molecule has 7 heteroatoms. The van der Waals surface area contributed by atoms with Crippen molar-refractivity contribution in [3.63, 3.8) is 0 Å². The van der Waals surface area contributed by atoms with E-state index < -0.39 is 10.0 Å². The molecule has 0 atom stereocenters. The van der Waals surface area contributed by atoms with Gasteiger partial charge in [0.25, 0.3) is 0 Å². The summed E-state index contributed by atoms with van der Waals surface area (Å²) < 4.78 is 28.1. The zero-order valence-corrected chi connectivity index (χ0v) is 16.5. The maximum absolute atomic E-state index is 12.6. The first kappa shape index (κ1) is 18.8. The lowest BCUT2D eigenvalue weighted by atomic mass is 10.2. The number of halogens is 1. The van der Waals surface area contributed by atoms with Gasteiger partial charge in [0.1, 0.15) is 11.0 Å². The molecule has 1 fully saturated rings. The number of nitrogens with zero attached hydrogens (tertiary/aromatic N) is 1. The Balaban J connectivity index is 2.09. The molecule has 0 spiro atoms. The predicted molar refractivity (Wildman–Crippen MR) is 98.0 cm³/mol. The standard InChI is InChI=1S/C16H21BrN2O2S2/c1-16(2,22-12-6-3-4-7-12)11-19-23(20,21)15-9-5-8-14(17)13(15)10-18/h5,8-9,12,19H,3-4,6-7,11H2,1-2H3. The van der Waals surface area contributed by atoms with Gasteiger partial charge in [0, 0.05) is 21.0 Å². The van der Waals surface area contributed by atoms with Gasteiger partial charge in [0.2, 0.25) is 10.0 Å². The second kappa shape index (κ2) is 7.56. The van der Waals surface area contributed by atoms with E-state index in [0.29, 0.717) is 16.3 Å². The third-order valence-corrected chi connectivity index (χ3v) is 7.54. The second-order valence-corrected chi connectivity index (χ2v) is 10.9. The van der Waals surface area contributed by atoms with Crippen molar-refractivity contribution in [2.24, 2.45) is 0 Å². The molecule has 0 saturated heterocycles. The van der Waals surface area contributed by atoms with Crippen LogP contribution in [0.4, 0.5) is 0 Å². The summed E-state index contributed by atoms with van der Waals surface area (Å²) in [6.45, 7) is 4.46. The number of benzene rings is 1. The van der Waals surface area contributed by atoms with E-state index in [0.717, 1.165) is 0 Å². The molecule has 126 valence electrons. The van der Waals surface area contributed by atoms with Gasteiger partial charge in [-0.15, -0.1) is 0 Å². The number of sulfonamides is 1. The number of thioether (sulfide) groups is 1. The van der Waals surface area contributed by atoms with Crippen LogP contribution in [0.15, 0.2) is 27.6 Å². The number of hydrogen-bond donors (Lipinski definition) is 1. The summed E-state index contributed by atoms with van der Waals surface area (Å²) in [4.78, 5) is 0.0241. The van der Waals surface area contributed by atoms with Gasteiger partial charge >= 0.3 is 0 Å². The van der Waals surface area contributed by atoms with Gasteiger partial charge < -0.3 is 0 Å². The van der Waals surface area contributed by atoms with Crippen molar-refractivity contribution in [3.05, 3.63) is 28.2 Å².